The van der Waals surface area contributed by atoms with Crippen LogP contribution in [0, 0.1) is 0 Å². The lowest BCUT2D eigenvalue weighted by Crippen LogP contribution is -2.57. The van der Waals surface area contributed by atoms with Gasteiger partial charge in [-0.3, -0.25) is 9.59 Å². The van der Waals surface area contributed by atoms with Gasteiger partial charge in [-0.2, -0.15) is 0 Å². The van der Waals surface area contributed by atoms with Crippen LogP contribution in [0.25, 0.3) is 0 Å². The summed E-state index contributed by atoms with van der Waals surface area (Å²) in [4.78, 5) is 27.5. The normalized spacial score (nSPS) is 17.5. The van der Waals surface area contributed by atoms with E-state index in [1.807, 2.05) is 24.3 Å². The van der Waals surface area contributed by atoms with Crippen LogP contribution in [0.15, 0.2) is 28.7 Å². The van der Waals surface area contributed by atoms with Crippen LogP contribution >= 0.6 is 28.3 Å². The molecule has 0 aliphatic carbocycles. The van der Waals surface area contributed by atoms with Gasteiger partial charge in [0, 0.05) is 37.6 Å². The molecule has 2 rings (SSSR count). The maximum Gasteiger partial charge on any atom is 0.247 e. The van der Waals surface area contributed by atoms with Crippen molar-refractivity contribution < 1.29 is 9.59 Å². The topological polar surface area (TPSA) is 66.6 Å². The molecule has 1 saturated heterocycles. The molecule has 1 fully saturated rings. The van der Waals surface area contributed by atoms with E-state index in [9.17, 15) is 9.59 Å². The number of hydrogen-bond acceptors (Lipinski definition) is 3. The molecule has 1 unspecified atom stereocenters. The Morgan fingerprint density at radius 2 is 1.55 bits per heavy atom. The molecule has 0 aromatic heterocycles. The van der Waals surface area contributed by atoms with Crippen molar-refractivity contribution in [2.45, 2.75) is 19.4 Å². The first-order chi connectivity index (χ1) is 9.82. The highest BCUT2D eigenvalue weighted by Crippen LogP contribution is 2.23. The fourth-order valence-corrected chi connectivity index (χ4v) is 2.74. The Kier molecular flexibility index (Phi) is 6.40. The number of carbonyl (C=O) groups is 2. The molecule has 2 amide bonds. The van der Waals surface area contributed by atoms with Gasteiger partial charge in [0.25, 0.3) is 0 Å². The SMILES string of the molecule is CC(=O)N1CCN(C(=O)C(C)(N)c2ccc(Br)cc2)CC1.Cl. The number of halogens is 2. The van der Waals surface area contributed by atoms with Crippen molar-refractivity contribution in [3.63, 3.8) is 0 Å². The quantitative estimate of drug-likeness (QED) is 0.836. The molecule has 1 atom stereocenters. The van der Waals surface area contributed by atoms with Gasteiger partial charge < -0.3 is 15.5 Å². The summed E-state index contributed by atoms with van der Waals surface area (Å²) in [5, 5.41) is 0. The third kappa shape index (κ3) is 4.00. The lowest BCUT2D eigenvalue weighted by molar-refractivity contribution is -0.142. The van der Waals surface area contributed by atoms with Crippen molar-refractivity contribution in [2.24, 2.45) is 5.73 Å². The second kappa shape index (κ2) is 7.44. The van der Waals surface area contributed by atoms with Crippen LogP contribution in [-0.2, 0) is 15.1 Å². The Bertz CT molecular complexity index is 540. The van der Waals surface area contributed by atoms with Gasteiger partial charge in [0.1, 0.15) is 5.54 Å². The minimum atomic E-state index is -1.06. The third-order valence-electron chi connectivity index (χ3n) is 3.90. The number of amides is 2. The van der Waals surface area contributed by atoms with Crippen molar-refractivity contribution >= 4 is 40.2 Å². The minimum Gasteiger partial charge on any atom is -0.339 e. The number of nitrogens with zero attached hydrogens (tertiary/aromatic N) is 2. The van der Waals surface area contributed by atoms with Gasteiger partial charge in [-0.05, 0) is 24.6 Å². The highest BCUT2D eigenvalue weighted by molar-refractivity contribution is 9.10. The minimum absolute atomic E-state index is 0. The Hall–Kier alpha value is -1.11. The molecule has 1 aliphatic heterocycles. The van der Waals surface area contributed by atoms with Gasteiger partial charge in [0.15, 0.2) is 0 Å². The molecule has 2 N–H and O–H groups in total. The molecule has 0 spiro atoms. The van der Waals surface area contributed by atoms with Crippen LogP contribution in [0.1, 0.15) is 19.4 Å². The summed E-state index contributed by atoms with van der Waals surface area (Å²) in [6, 6.07) is 7.46. The van der Waals surface area contributed by atoms with Crippen LogP contribution in [0.5, 0.6) is 0 Å². The maximum absolute atomic E-state index is 12.7. The van der Waals surface area contributed by atoms with Gasteiger partial charge in [-0.1, -0.05) is 28.1 Å². The molecule has 1 heterocycles. The summed E-state index contributed by atoms with van der Waals surface area (Å²) < 4.78 is 0.949. The second-order valence-corrected chi connectivity index (χ2v) is 6.42. The zero-order valence-electron chi connectivity index (χ0n) is 12.7. The van der Waals surface area contributed by atoms with Crippen LogP contribution in [0.3, 0.4) is 0 Å². The second-order valence-electron chi connectivity index (χ2n) is 5.51. The van der Waals surface area contributed by atoms with Gasteiger partial charge in [-0.25, -0.2) is 0 Å². The number of rotatable bonds is 2. The van der Waals surface area contributed by atoms with Crippen molar-refractivity contribution in [1.82, 2.24) is 9.80 Å². The van der Waals surface area contributed by atoms with Crippen molar-refractivity contribution in [3.8, 4) is 0 Å². The molecule has 5 nitrogen and oxygen atoms in total. The van der Waals surface area contributed by atoms with E-state index in [1.54, 1.807) is 23.6 Å². The van der Waals surface area contributed by atoms with Gasteiger partial charge in [-0.15, -0.1) is 12.4 Å². The average Bonchev–Trinajstić information content (AvgIpc) is 2.47. The van der Waals surface area contributed by atoms with E-state index in [0.717, 1.165) is 10.0 Å². The highest BCUT2D eigenvalue weighted by Gasteiger charge is 2.36. The summed E-state index contributed by atoms with van der Waals surface area (Å²) in [7, 11) is 0. The van der Waals surface area contributed by atoms with E-state index in [2.05, 4.69) is 15.9 Å². The molecular weight excluding hydrogens is 370 g/mol. The average molecular weight is 391 g/mol. The van der Waals surface area contributed by atoms with Crippen molar-refractivity contribution in [2.75, 3.05) is 26.2 Å². The van der Waals surface area contributed by atoms with Crippen LogP contribution in [0.4, 0.5) is 0 Å². The largest absolute Gasteiger partial charge is 0.339 e. The summed E-state index contributed by atoms with van der Waals surface area (Å²) in [5.41, 5.74) is 6.00. The van der Waals surface area contributed by atoms with E-state index in [1.165, 1.54) is 0 Å². The predicted molar refractivity (Wildman–Crippen MR) is 91.8 cm³/mol. The summed E-state index contributed by atoms with van der Waals surface area (Å²) in [5.74, 6) is -0.0569. The monoisotopic (exact) mass is 389 g/mol. The molecule has 122 valence electrons. The fourth-order valence-electron chi connectivity index (χ4n) is 2.47. The number of nitrogens with two attached hydrogens (primary N) is 1. The smallest absolute Gasteiger partial charge is 0.247 e. The first-order valence-electron chi connectivity index (χ1n) is 6.92. The Balaban J connectivity index is 0.00000242. The molecule has 1 aromatic carbocycles. The van der Waals surface area contributed by atoms with Crippen molar-refractivity contribution in [1.29, 1.82) is 0 Å². The predicted octanol–water partition coefficient (Wildman–Crippen LogP) is 1.74. The van der Waals surface area contributed by atoms with Gasteiger partial charge >= 0.3 is 0 Å². The highest BCUT2D eigenvalue weighted by atomic mass is 79.9. The fraction of sp³-hybridized carbons (Fsp3) is 0.467. The maximum atomic E-state index is 12.7. The zero-order valence-corrected chi connectivity index (χ0v) is 15.1. The van der Waals surface area contributed by atoms with E-state index in [4.69, 9.17) is 5.73 Å². The molecular formula is C15H21BrClN3O2. The van der Waals surface area contributed by atoms with Crippen LogP contribution < -0.4 is 5.73 Å². The Labute approximate surface area is 145 Å². The number of hydrogen-bond donors (Lipinski definition) is 1. The Morgan fingerprint density at radius 3 is 2.00 bits per heavy atom. The molecule has 0 saturated carbocycles. The van der Waals surface area contributed by atoms with Gasteiger partial charge in [0.2, 0.25) is 11.8 Å². The number of piperazine rings is 1. The van der Waals surface area contributed by atoms with E-state index < -0.39 is 5.54 Å². The zero-order chi connectivity index (χ0) is 15.6. The van der Waals surface area contributed by atoms with Crippen LogP contribution in [-0.4, -0.2) is 47.8 Å². The first-order valence-corrected chi connectivity index (χ1v) is 7.71. The summed E-state index contributed by atoms with van der Waals surface area (Å²) in [6.45, 7) is 5.47. The third-order valence-corrected chi connectivity index (χ3v) is 4.43. The molecule has 22 heavy (non-hydrogen) atoms. The summed E-state index contributed by atoms with van der Waals surface area (Å²) in [6.07, 6.45) is 0. The number of carbonyl (C=O) groups excluding carboxylic acids is 2. The molecule has 1 aromatic rings. The van der Waals surface area contributed by atoms with E-state index in [0.29, 0.717) is 26.2 Å². The van der Waals surface area contributed by atoms with E-state index >= 15 is 0 Å². The van der Waals surface area contributed by atoms with Crippen molar-refractivity contribution in [3.05, 3.63) is 34.3 Å². The first kappa shape index (κ1) is 18.9. The molecule has 7 heteroatoms. The lowest BCUT2D eigenvalue weighted by atomic mass is 9.91. The Morgan fingerprint density at radius 1 is 1.09 bits per heavy atom. The molecule has 0 radical (unpaired) electrons. The standard InChI is InChI=1S/C15H20BrN3O2.ClH/c1-11(20)18-7-9-19(10-8-18)14(21)15(2,17)12-3-5-13(16)6-4-12;/h3-6H,7-10,17H2,1-2H3;1H. The molecule has 1 aliphatic rings. The van der Waals surface area contributed by atoms with E-state index in [-0.39, 0.29) is 24.2 Å². The van der Waals surface area contributed by atoms with Crippen LogP contribution in [0.2, 0.25) is 0 Å². The lowest BCUT2D eigenvalue weighted by Gasteiger charge is -2.38. The summed E-state index contributed by atoms with van der Waals surface area (Å²) >= 11 is 3.37. The molecule has 0 bridgehead atoms. The van der Waals surface area contributed by atoms with Gasteiger partial charge in [0.05, 0.1) is 0 Å². The number of benzene rings is 1.